The maximum Gasteiger partial charge on any atom is 0.178 e. The van der Waals surface area contributed by atoms with Gasteiger partial charge in [0.2, 0.25) is 0 Å². The normalized spacial score (nSPS) is 18.9. The van der Waals surface area contributed by atoms with Crippen molar-refractivity contribution in [2.45, 2.75) is 58.0 Å². The number of hydrogen-bond acceptors (Lipinski definition) is 4. The smallest absolute Gasteiger partial charge is 0.178 e. The third-order valence-corrected chi connectivity index (χ3v) is 13.2. The predicted molar refractivity (Wildman–Crippen MR) is 245 cm³/mol. The highest BCUT2D eigenvalue weighted by atomic mass is 19.1. The van der Waals surface area contributed by atoms with Crippen LogP contribution in [0.15, 0.2) is 164 Å². The van der Waals surface area contributed by atoms with Gasteiger partial charge in [-0.05, 0) is 75.9 Å². The van der Waals surface area contributed by atoms with Gasteiger partial charge in [0.15, 0.2) is 23.1 Å². The van der Waals surface area contributed by atoms with E-state index in [1.54, 1.807) is 6.07 Å². The Labute approximate surface area is 356 Å². The molecule has 1 spiro atoms. The van der Waals surface area contributed by atoms with Gasteiger partial charge in [-0.3, -0.25) is 0 Å². The Bertz CT molecular complexity index is 2960. The molecule has 0 saturated heterocycles. The van der Waals surface area contributed by atoms with Crippen LogP contribution in [0, 0.1) is 16.6 Å². The number of nitrogens with zero attached hydrogens (tertiary/aromatic N) is 3. The monoisotopic (exact) mass is 795 g/mol. The highest BCUT2D eigenvalue weighted by Gasteiger charge is 2.55. The quantitative estimate of drug-likeness (QED) is 0.174. The van der Waals surface area contributed by atoms with Crippen LogP contribution in [-0.4, -0.2) is 15.0 Å². The standard InChI is InChI=1S/C56H46FN3O/c1-53(2)33-54(3,4)35-55(34-53)46-32-41(57)28-29-44(46)47-42-22-14-15-23-43(42)49-45(48(47)55)30-31-56(61-49,39-20-12-7-13-21-39)40-26-24-38(25-27-40)52-59-50(36-16-8-5-9-17-36)58-51(60-52)37-18-10-6-11-19-37/h5-32H,33-35H2,1-4H3. The molecule has 1 aliphatic heterocycles. The van der Waals surface area contributed by atoms with E-state index in [0.717, 1.165) is 80.3 Å². The summed E-state index contributed by atoms with van der Waals surface area (Å²) in [5.74, 6) is 2.51. The number of rotatable bonds is 5. The number of fused-ring (bicyclic) bond motifs is 10. The van der Waals surface area contributed by atoms with Crippen molar-refractivity contribution in [3.8, 4) is 51.0 Å². The molecule has 5 heteroatoms. The summed E-state index contributed by atoms with van der Waals surface area (Å²) in [7, 11) is 0. The minimum Gasteiger partial charge on any atom is -0.472 e. The van der Waals surface area contributed by atoms with Gasteiger partial charge in [0.25, 0.3) is 0 Å². The summed E-state index contributed by atoms with van der Waals surface area (Å²) in [6, 6.07) is 53.2. The van der Waals surface area contributed by atoms with E-state index in [0.29, 0.717) is 17.5 Å². The molecule has 2 aliphatic carbocycles. The van der Waals surface area contributed by atoms with E-state index in [2.05, 4.69) is 113 Å². The number of halogens is 1. The molecule has 0 radical (unpaired) electrons. The molecule has 61 heavy (non-hydrogen) atoms. The molecule has 1 unspecified atom stereocenters. The van der Waals surface area contributed by atoms with Gasteiger partial charge >= 0.3 is 0 Å². The first kappa shape index (κ1) is 37.3. The molecule has 0 N–H and O–H groups in total. The van der Waals surface area contributed by atoms with E-state index >= 15 is 4.39 Å². The number of hydrogen-bond donors (Lipinski definition) is 0. The largest absolute Gasteiger partial charge is 0.472 e. The lowest BCUT2D eigenvalue weighted by atomic mass is 9.52. The predicted octanol–water partition coefficient (Wildman–Crippen LogP) is 14.0. The molecule has 3 aliphatic rings. The van der Waals surface area contributed by atoms with Gasteiger partial charge in [-0.1, -0.05) is 179 Å². The minimum atomic E-state index is -0.955. The zero-order valence-corrected chi connectivity index (χ0v) is 34.9. The second-order valence-electron chi connectivity index (χ2n) is 18.8. The molecular weight excluding hydrogens is 750 g/mol. The molecule has 1 aromatic heterocycles. The maximum atomic E-state index is 15.5. The number of benzene rings is 7. The molecular formula is C56H46FN3O. The molecule has 0 bridgehead atoms. The summed E-state index contributed by atoms with van der Waals surface area (Å²) < 4.78 is 23.2. The van der Waals surface area contributed by atoms with Crippen molar-refractivity contribution < 1.29 is 9.13 Å². The van der Waals surface area contributed by atoms with E-state index in [4.69, 9.17) is 19.7 Å². The van der Waals surface area contributed by atoms with Crippen LogP contribution in [0.25, 0.3) is 62.1 Å². The van der Waals surface area contributed by atoms with E-state index in [9.17, 15) is 0 Å². The summed E-state index contributed by atoms with van der Waals surface area (Å²) >= 11 is 0. The number of ether oxygens (including phenoxy) is 1. The Kier molecular flexibility index (Phi) is 8.35. The van der Waals surface area contributed by atoms with Crippen LogP contribution in [0.4, 0.5) is 4.39 Å². The average molecular weight is 796 g/mol. The second-order valence-corrected chi connectivity index (χ2v) is 18.8. The molecule has 11 rings (SSSR count). The Morgan fingerprint density at radius 2 is 1.03 bits per heavy atom. The first-order valence-corrected chi connectivity index (χ1v) is 21.3. The van der Waals surface area contributed by atoms with Crippen LogP contribution in [0.1, 0.15) is 74.8 Å². The SMILES string of the molecule is CC1(C)CC(C)(C)CC2(C1)c1cc(F)ccc1-c1c2c2c(c3ccccc13)OC(c1ccccc1)(c1ccc(-c3nc(-c4ccccc4)nc(-c4ccccc4)n3)cc1)C=C2. The molecule has 0 amide bonds. The molecule has 1 saturated carbocycles. The van der Waals surface area contributed by atoms with Crippen LogP contribution >= 0.6 is 0 Å². The van der Waals surface area contributed by atoms with Gasteiger partial charge in [0.05, 0.1) is 0 Å². The first-order valence-electron chi connectivity index (χ1n) is 21.3. The van der Waals surface area contributed by atoms with Crippen LogP contribution in [0.2, 0.25) is 0 Å². The van der Waals surface area contributed by atoms with Crippen molar-refractivity contribution in [1.82, 2.24) is 15.0 Å². The molecule has 8 aromatic rings. The molecule has 7 aromatic carbocycles. The highest BCUT2D eigenvalue weighted by molar-refractivity contribution is 6.08. The average Bonchev–Trinajstić information content (AvgIpc) is 3.53. The van der Waals surface area contributed by atoms with Gasteiger partial charge in [0.1, 0.15) is 11.6 Å². The van der Waals surface area contributed by atoms with Crippen molar-refractivity contribution in [1.29, 1.82) is 0 Å². The second kappa shape index (κ2) is 13.7. The van der Waals surface area contributed by atoms with Crippen LogP contribution < -0.4 is 4.74 Å². The fourth-order valence-corrected chi connectivity index (χ4v) is 11.6. The zero-order valence-electron chi connectivity index (χ0n) is 34.9. The van der Waals surface area contributed by atoms with E-state index < -0.39 is 11.0 Å². The Morgan fingerprint density at radius 1 is 0.525 bits per heavy atom. The van der Waals surface area contributed by atoms with Crippen LogP contribution in [-0.2, 0) is 11.0 Å². The number of aromatic nitrogens is 3. The Hall–Kier alpha value is -6.72. The summed E-state index contributed by atoms with van der Waals surface area (Å²) in [6.45, 7) is 9.55. The van der Waals surface area contributed by atoms with Gasteiger partial charge in [-0.25, -0.2) is 19.3 Å². The Balaban J connectivity index is 1.10. The van der Waals surface area contributed by atoms with Gasteiger partial charge in [-0.15, -0.1) is 0 Å². The zero-order chi connectivity index (χ0) is 41.6. The van der Waals surface area contributed by atoms with Crippen molar-refractivity contribution in [3.05, 3.63) is 197 Å². The maximum absolute atomic E-state index is 15.5. The fourth-order valence-electron chi connectivity index (χ4n) is 11.6. The molecule has 298 valence electrons. The minimum absolute atomic E-state index is 0.0303. The van der Waals surface area contributed by atoms with E-state index in [1.165, 1.54) is 11.1 Å². The van der Waals surface area contributed by atoms with Gasteiger partial charge in [0, 0.05) is 44.2 Å². The third kappa shape index (κ3) is 6.04. The van der Waals surface area contributed by atoms with Crippen molar-refractivity contribution in [2.24, 2.45) is 10.8 Å². The van der Waals surface area contributed by atoms with Crippen LogP contribution in [0.5, 0.6) is 5.75 Å². The summed E-state index contributed by atoms with van der Waals surface area (Å²) in [5, 5.41) is 2.18. The van der Waals surface area contributed by atoms with E-state index in [-0.39, 0.29) is 16.6 Å². The topological polar surface area (TPSA) is 47.9 Å². The molecule has 2 heterocycles. The third-order valence-electron chi connectivity index (χ3n) is 13.2. The fraction of sp³-hybridized carbons (Fsp3) is 0.196. The molecule has 4 nitrogen and oxygen atoms in total. The summed E-state index contributed by atoms with van der Waals surface area (Å²) in [5.41, 5.74) is 9.26. The van der Waals surface area contributed by atoms with Gasteiger partial charge in [-0.2, -0.15) is 0 Å². The molecule has 1 atom stereocenters. The Morgan fingerprint density at radius 3 is 1.62 bits per heavy atom. The van der Waals surface area contributed by atoms with Crippen molar-refractivity contribution in [3.63, 3.8) is 0 Å². The lowest BCUT2D eigenvalue weighted by molar-refractivity contribution is 0.0640. The van der Waals surface area contributed by atoms with Crippen molar-refractivity contribution >= 4 is 16.8 Å². The van der Waals surface area contributed by atoms with Crippen LogP contribution in [0.3, 0.4) is 0 Å². The highest BCUT2D eigenvalue weighted by Crippen LogP contribution is 2.67. The van der Waals surface area contributed by atoms with Crippen molar-refractivity contribution in [2.75, 3.05) is 0 Å². The lowest BCUT2D eigenvalue weighted by Gasteiger charge is -2.52. The summed E-state index contributed by atoms with van der Waals surface area (Å²) in [4.78, 5) is 14.9. The van der Waals surface area contributed by atoms with Gasteiger partial charge < -0.3 is 4.74 Å². The lowest BCUT2D eigenvalue weighted by Crippen LogP contribution is -2.44. The summed E-state index contributed by atoms with van der Waals surface area (Å²) in [6.07, 6.45) is 7.50. The first-order chi connectivity index (χ1) is 29.5. The molecule has 1 fully saturated rings. The van der Waals surface area contributed by atoms with E-state index in [1.807, 2.05) is 78.9 Å².